The molecular weight excluding hydrogens is 312 g/mol. The number of carbonyl (C=O) groups is 5. The molecule has 4 amide bonds. The minimum Gasteiger partial charge on any atom is -0.478 e. The van der Waals surface area contributed by atoms with Crippen LogP contribution in [0.2, 0.25) is 0 Å². The second-order valence-corrected chi connectivity index (χ2v) is 5.41. The van der Waals surface area contributed by atoms with Crippen molar-refractivity contribution in [1.29, 1.82) is 0 Å². The van der Waals surface area contributed by atoms with Gasteiger partial charge in [-0.1, -0.05) is 0 Å². The molecule has 0 aromatic heterocycles. The molecule has 1 unspecified atom stereocenters. The van der Waals surface area contributed by atoms with Gasteiger partial charge >= 0.3 is 5.97 Å². The van der Waals surface area contributed by atoms with Crippen LogP contribution in [0.3, 0.4) is 0 Å². The van der Waals surface area contributed by atoms with Crippen LogP contribution in [0.1, 0.15) is 32.1 Å². The van der Waals surface area contributed by atoms with Gasteiger partial charge in [0.1, 0.15) is 0 Å². The molecule has 0 bridgehead atoms. The number of likely N-dealkylation sites (tertiary alicyclic amines) is 2. The summed E-state index contributed by atoms with van der Waals surface area (Å²) in [6.45, 7) is -0.860. The second kappa shape index (κ2) is 6.05. The third-order valence-corrected chi connectivity index (χ3v) is 3.92. The Labute approximate surface area is 130 Å². The number of rotatable bonds is 6. The Morgan fingerprint density at radius 1 is 0.957 bits per heavy atom. The summed E-state index contributed by atoms with van der Waals surface area (Å²) in [6, 6.07) is 0. The third kappa shape index (κ3) is 2.59. The van der Waals surface area contributed by atoms with Crippen molar-refractivity contribution in [2.75, 3.05) is 6.61 Å². The number of aliphatic hydroxyl groups excluding tert-OH is 2. The molecule has 2 saturated heterocycles. The summed E-state index contributed by atoms with van der Waals surface area (Å²) in [6.07, 6.45) is -3.50. The van der Waals surface area contributed by atoms with Gasteiger partial charge in [0.2, 0.25) is 29.3 Å². The minimum atomic E-state index is -2.66. The maximum atomic E-state index is 12.0. The second-order valence-electron chi connectivity index (χ2n) is 5.41. The maximum absolute atomic E-state index is 12.0. The average molecular weight is 328 g/mol. The van der Waals surface area contributed by atoms with Gasteiger partial charge < -0.3 is 15.3 Å². The van der Waals surface area contributed by atoms with E-state index in [0.717, 1.165) is 0 Å². The van der Waals surface area contributed by atoms with E-state index < -0.39 is 54.4 Å². The Hall–Kier alpha value is -2.33. The Kier molecular flexibility index (Phi) is 4.48. The first-order chi connectivity index (χ1) is 10.8. The largest absolute Gasteiger partial charge is 0.478 e. The van der Waals surface area contributed by atoms with Crippen molar-refractivity contribution in [3.63, 3.8) is 0 Å². The molecule has 3 N–H and O–H groups in total. The van der Waals surface area contributed by atoms with E-state index in [4.69, 9.17) is 5.11 Å². The van der Waals surface area contributed by atoms with Crippen LogP contribution in [0, 0.1) is 0 Å². The standard InChI is InChI=1S/C13H16N2O8/c16-6-7(17)5-13(12(22)23,14-8(18)1-2-9(14)19)15-10(20)3-4-11(15)21/h7,16-17H,1-6H2,(H,22,23). The Balaban J connectivity index is 2.62. The molecule has 0 saturated carbocycles. The van der Waals surface area contributed by atoms with Crippen molar-refractivity contribution in [3.8, 4) is 0 Å². The summed E-state index contributed by atoms with van der Waals surface area (Å²) in [5.74, 6) is -5.20. The van der Waals surface area contributed by atoms with Crippen LogP contribution in [0.4, 0.5) is 0 Å². The fraction of sp³-hybridized carbons (Fsp3) is 0.615. The summed E-state index contributed by atoms with van der Waals surface area (Å²) in [7, 11) is 0. The topological polar surface area (TPSA) is 153 Å². The number of amides is 4. The van der Waals surface area contributed by atoms with Crippen molar-refractivity contribution in [2.45, 2.75) is 43.9 Å². The highest BCUT2D eigenvalue weighted by atomic mass is 16.4. The van der Waals surface area contributed by atoms with E-state index in [9.17, 15) is 34.2 Å². The lowest BCUT2D eigenvalue weighted by molar-refractivity contribution is -0.186. The van der Waals surface area contributed by atoms with E-state index in [1.807, 2.05) is 0 Å². The molecule has 0 aliphatic carbocycles. The molecule has 2 aliphatic rings. The summed E-state index contributed by atoms with van der Waals surface area (Å²) < 4.78 is 0. The van der Waals surface area contributed by atoms with Gasteiger partial charge in [-0.15, -0.1) is 0 Å². The normalized spacial score (nSPS) is 20.6. The Morgan fingerprint density at radius 3 is 1.57 bits per heavy atom. The van der Waals surface area contributed by atoms with Gasteiger partial charge in [-0.3, -0.25) is 19.2 Å². The molecule has 0 spiro atoms. The highest BCUT2D eigenvalue weighted by Crippen LogP contribution is 2.35. The number of imide groups is 2. The van der Waals surface area contributed by atoms with Crippen LogP contribution in [0.25, 0.3) is 0 Å². The van der Waals surface area contributed by atoms with E-state index in [1.165, 1.54) is 0 Å². The molecule has 2 rings (SSSR count). The lowest BCUT2D eigenvalue weighted by Crippen LogP contribution is -2.69. The summed E-state index contributed by atoms with van der Waals surface area (Å²) in [4.78, 5) is 60.8. The smallest absolute Gasteiger partial charge is 0.352 e. The zero-order valence-corrected chi connectivity index (χ0v) is 12.1. The molecule has 0 radical (unpaired) electrons. The molecule has 1 atom stereocenters. The molecule has 23 heavy (non-hydrogen) atoms. The quantitative estimate of drug-likeness (QED) is 0.465. The van der Waals surface area contributed by atoms with Crippen molar-refractivity contribution >= 4 is 29.6 Å². The van der Waals surface area contributed by atoms with Gasteiger partial charge in [-0.05, 0) is 0 Å². The molecule has 10 nitrogen and oxygen atoms in total. The van der Waals surface area contributed by atoms with E-state index in [-0.39, 0.29) is 25.7 Å². The van der Waals surface area contributed by atoms with Crippen LogP contribution >= 0.6 is 0 Å². The number of carboxylic acid groups (broad SMARTS) is 1. The zero-order valence-electron chi connectivity index (χ0n) is 12.1. The first kappa shape index (κ1) is 17.0. The number of carbonyl (C=O) groups excluding carboxylic acids is 4. The first-order valence-corrected chi connectivity index (χ1v) is 6.99. The molecule has 0 aromatic rings. The SMILES string of the molecule is O=C1CCC(=O)N1C(CC(O)CO)(C(=O)O)N1C(=O)CCC1=O. The van der Waals surface area contributed by atoms with Crippen molar-refractivity contribution in [3.05, 3.63) is 0 Å². The fourth-order valence-electron chi connectivity index (χ4n) is 2.93. The monoisotopic (exact) mass is 328 g/mol. The summed E-state index contributed by atoms with van der Waals surface area (Å²) in [5, 5.41) is 28.4. The predicted octanol–water partition coefficient (Wildman–Crippen LogP) is -2.19. The predicted molar refractivity (Wildman–Crippen MR) is 70.3 cm³/mol. The number of hydrogen-bond donors (Lipinski definition) is 3. The van der Waals surface area contributed by atoms with Crippen LogP contribution in [0.5, 0.6) is 0 Å². The zero-order chi connectivity index (χ0) is 17.4. The molecule has 126 valence electrons. The van der Waals surface area contributed by atoms with Crippen LogP contribution in [0.15, 0.2) is 0 Å². The molecular formula is C13H16N2O8. The first-order valence-electron chi connectivity index (χ1n) is 6.99. The summed E-state index contributed by atoms with van der Waals surface area (Å²) in [5.41, 5.74) is -2.66. The van der Waals surface area contributed by atoms with Crippen molar-refractivity contribution in [1.82, 2.24) is 9.80 Å². The maximum Gasteiger partial charge on any atom is 0.352 e. The van der Waals surface area contributed by atoms with Crippen molar-refractivity contribution < 1.29 is 39.3 Å². The fourth-order valence-corrected chi connectivity index (χ4v) is 2.93. The van der Waals surface area contributed by atoms with Crippen LogP contribution < -0.4 is 0 Å². The Morgan fingerprint density at radius 2 is 1.30 bits per heavy atom. The molecule has 2 fully saturated rings. The number of aliphatic carboxylic acids is 1. The van der Waals surface area contributed by atoms with Gasteiger partial charge in [0.25, 0.3) is 0 Å². The highest BCUT2D eigenvalue weighted by molar-refractivity contribution is 6.11. The van der Waals surface area contributed by atoms with E-state index in [2.05, 4.69) is 0 Å². The van der Waals surface area contributed by atoms with Crippen molar-refractivity contribution in [2.24, 2.45) is 0 Å². The Bertz CT molecular complexity index is 519. The molecule has 2 aliphatic heterocycles. The van der Waals surface area contributed by atoms with Crippen LogP contribution in [-0.2, 0) is 24.0 Å². The summed E-state index contributed by atoms with van der Waals surface area (Å²) >= 11 is 0. The van der Waals surface area contributed by atoms with Gasteiger partial charge in [-0.2, -0.15) is 0 Å². The lowest BCUT2D eigenvalue weighted by Gasteiger charge is -2.42. The van der Waals surface area contributed by atoms with E-state index in [1.54, 1.807) is 0 Å². The van der Waals surface area contributed by atoms with Gasteiger partial charge in [-0.25, -0.2) is 14.6 Å². The number of carboxylic acids is 1. The number of hydrogen-bond acceptors (Lipinski definition) is 7. The lowest BCUT2D eigenvalue weighted by atomic mass is 9.97. The molecule has 2 heterocycles. The number of nitrogens with zero attached hydrogens (tertiary/aromatic N) is 2. The average Bonchev–Trinajstić information content (AvgIpc) is 3.00. The molecule has 0 aromatic carbocycles. The molecule has 10 heteroatoms. The third-order valence-electron chi connectivity index (χ3n) is 3.92. The number of aliphatic hydroxyl groups is 2. The highest BCUT2D eigenvalue weighted by Gasteiger charge is 2.61. The van der Waals surface area contributed by atoms with E-state index in [0.29, 0.717) is 9.80 Å². The minimum absolute atomic E-state index is 0.251. The van der Waals surface area contributed by atoms with Gasteiger partial charge in [0.15, 0.2) is 0 Å². The van der Waals surface area contributed by atoms with Gasteiger partial charge in [0, 0.05) is 32.1 Å². The van der Waals surface area contributed by atoms with Gasteiger partial charge in [0.05, 0.1) is 12.7 Å². The van der Waals surface area contributed by atoms with E-state index >= 15 is 0 Å². The van der Waals surface area contributed by atoms with Crippen LogP contribution in [-0.4, -0.2) is 73.1 Å².